The number of esters is 1. The van der Waals surface area contributed by atoms with Crippen molar-refractivity contribution in [2.24, 2.45) is 0 Å². The Bertz CT molecular complexity index is 390. The van der Waals surface area contributed by atoms with E-state index in [4.69, 9.17) is 4.74 Å². The van der Waals surface area contributed by atoms with Crippen molar-refractivity contribution in [2.75, 3.05) is 0 Å². The minimum atomic E-state index is -1.22. The van der Waals surface area contributed by atoms with Crippen LogP contribution in [0.2, 0.25) is 19.6 Å². The quantitative estimate of drug-likeness (QED) is 0.600. The highest BCUT2D eigenvalue weighted by atomic mass is 28.3. The van der Waals surface area contributed by atoms with Gasteiger partial charge in [0.25, 0.3) is 0 Å². The Balaban J connectivity index is 2.56. The Kier molecular flexibility index (Phi) is 4.69. The summed E-state index contributed by atoms with van der Waals surface area (Å²) in [5, 5.41) is 0. The number of carbonyl (C=O) groups is 1. The van der Waals surface area contributed by atoms with Gasteiger partial charge < -0.3 is 4.74 Å². The van der Waals surface area contributed by atoms with Crippen LogP contribution in [0.15, 0.2) is 42.1 Å². The van der Waals surface area contributed by atoms with Crippen molar-refractivity contribution in [3.05, 3.63) is 47.7 Å². The average Bonchev–Trinajstić information content (AvgIpc) is 2.27. The van der Waals surface area contributed by atoms with Gasteiger partial charge in [0.2, 0.25) is 0 Å². The standard InChI is InChI=1S/C14H20O2Si/c1-12(10-11-17(2,3)4)16-14(15)13-8-6-5-7-9-13/h5-12H,1-4H3/b11-10-. The van der Waals surface area contributed by atoms with Crippen LogP contribution in [-0.2, 0) is 4.74 Å². The Morgan fingerprint density at radius 1 is 1.24 bits per heavy atom. The van der Waals surface area contributed by atoms with Crippen molar-refractivity contribution < 1.29 is 9.53 Å². The monoisotopic (exact) mass is 248 g/mol. The van der Waals surface area contributed by atoms with Gasteiger partial charge in [-0.05, 0) is 19.1 Å². The third-order valence-electron chi connectivity index (χ3n) is 2.17. The number of hydrogen-bond acceptors (Lipinski definition) is 2. The van der Waals surface area contributed by atoms with Crippen LogP contribution >= 0.6 is 0 Å². The molecule has 0 bridgehead atoms. The largest absolute Gasteiger partial charge is 0.455 e. The highest BCUT2D eigenvalue weighted by Crippen LogP contribution is 2.07. The number of benzene rings is 1. The molecule has 0 aromatic heterocycles. The van der Waals surface area contributed by atoms with Gasteiger partial charge in [-0.15, -0.1) is 0 Å². The average molecular weight is 248 g/mol. The summed E-state index contributed by atoms with van der Waals surface area (Å²) in [5.74, 6) is -0.265. The van der Waals surface area contributed by atoms with Crippen molar-refractivity contribution in [1.82, 2.24) is 0 Å². The van der Waals surface area contributed by atoms with Crippen LogP contribution < -0.4 is 0 Å². The zero-order valence-corrected chi connectivity index (χ0v) is 11.9. The molecule has 0 aliphatic rings. The molecule has 3 heteroatoms. The maximum Gasteiger partial charge on any atom is 0.338 e. The zero-order chi connectivity index (χ0) is 12.9. The van der Waals surface area contributed by atoms with Crippen LogP contribution in [0.25, 0.3) is 0 Å². The Labute approximate surface area is 104 Å². The first-order valence-corrected chi connectivity index (χ1v) is 9.41. The van der Waals surface area contributed by atoms with Gasteiger partial charge in [-0.1, -0.05) is 49.6 Å². The molecule has 2 nitrogen and oxygen atoms in total. The lowest BCUT2D eigenvalue weighted by molar-refractivity contribution is 0.0424. The first-order valence-electron chi connectivity index (χ1n) is 5.84. The summed E-state index contributed by atoms with van der Waals surface area (Å²) in [6, 6.07) is 9.07. The summed E-state index contributed by atoms with van der Waals surface area (Å²) in [6.45, 7) is 8.62. The SMILES string of the molecule is CC(/C=C\[Si](C)(C)C)OC(=O)c1ccccc1. The van der Waals surface area contributed by atoms with E-state index < -0.39 is 8.07 Å². The summed E-state index contributed by atoms with van der Waals surface area (Å²) in [7, 11) is -1.22. The van der Waals surface area contributed by atoms with E-state index in [2.05, 4.69) is 25.3 Å². The van der Waals surface area contributed by atoms with E-state index in [1.165, 1.54) is 0 Å². The fraction of sp³-hybridized carbons (Fsp3) is 0.357. The van der Waals surface area contributed by atoms with E-state index in [0.29, 0.717) is 5.56 Å². The molecule has 1 unspecified atom stereocenters. The molecule has 0 fully saturated rings. The summed E-state index contributed by atoms with van der Waals surface area (Å²) < 4.78 is 5.33. The zero-order valence-electron chi connectivity index (χ0n) is 10.9. The number of ether oxygens (including phenoxy) is 1. The van der Waals surface area contributed by atoms with Crippen LogP contribution in [0, 0.1) is 0 Å². The molecule has 0 aliphatic carbocycles. The molecule has 0 amide bonds. The molecule has 0 saturated carbocycles. The fourth-order valence-electron chi connectivity index (χ4n) is 1.27. The molecule has 1 atom stereocenters. The normalized spacial score (nSPS) is 13.6. The number of rotatable bonds is 4. The molecule has 1 rings (SSSR count). The van der Waals surface area contributed by atoms with Crippen LogP contribution in [0.3, 0.4) is 0 Å². The first kappa shape index (κ1) is 13.7. The van der Waals surface area contributed by atoms with Crippen LogP contribution in [0.4, 0.5) is 0 Å². The summed E-state index contributed by atoms with van der Waals surface area (Å²) in [6.07, 6.45) is 1.81. The van der Waals surface area contributed by atoms with Crippen molar-refractivity contribution in [3.8, 4) is 0 Å². The first-order chi connectivity index (χ1) is 7.88. The molecule has 0 N–H and O–H groups in total. The number of carbonyl (C=O) groups excluding carboxylic acids is 1. The van der Waals surface area contributed by atoms with E-state index in [-0.39, 0.29) is 12.1 Å². The Hall–Kier alpha value is -1.35. The lowest BCUT2D eigenvalue weighted by Gasteiger charge is -2.12. The lowest BCUT2D eigenvalue weighted by atomic mass is 10.2. The second-order valence-corrected chi connectivity index (χ2v) is 10.3. The van der Waals surface area contributed by atoms with Crippen molar-refractivity contribution in [3.63, 3.8) is 0 Å². The van der Waals surface area contributed by atoms with Gasteiger partial charge in [-0.25, -0.2) is 4.79 Å². The second kappa shape index (κ2) is 5.82. The minimum absolute atomic E-state index is 0.172. The van der Waals surface area contributed by atoms with E-state index in [1.807, 2.05) is 31.2 Å². The van der Waals surface area contributed by atoms with Crippen molar-refractivity contribution in [1.29, 1.82) is 0 Å². The summed E-state index contributed by atoms with van der Waals surface area (Å²) >= 11 is 0. The van der Waals surface area contributed by atoms with E-state index in [1.54, 1.807) is 12.1 Å². The highest BCUT2D eigenvalue weighted by Gasteiger charge is 2.11. The molecule has 92 valence electrons. The molecule has 0 saturated heterocycles. The van der Waals surface area contributed by atoms with Crippen molar-refractivity contribution in [2.45, 2.75) is 32.7 Å². The van der Waals surface area contributed by atoms with Gasteiger partial charge in [0, 0.05) is 0 Å². The molecule has 0 heterocycles. The molecule has 17 heavy (non-hydrogen) atoms. The van der Waals surface area contributed by atoms with Crippen LogP contribution in [-0.4, -0.2) is 20.1 Å². The fourth-order valence-corrected chi connectivity index (χ4v) is 2.12. The van der Waals surface area contributed by atoms with Gasteiger partial charge in [-0.2, -0.15) is 0 Å². The van der Waals surface area contributed by atoms with Gasteiger partial charge in [0.1, 0.15) is 6.10 Å². The number of hydrogen-bond donors (Lipinski definition) is 0. The Morgan fingerprint density at radius 3 is 2.35 bits per heavy atom. The van der Waals surface area contributed by atoms with E-state index in [0.717, 1.165) is 0 Å². The lowest BCUT2D eigenvalue weighted by Crippen LogP contribution is -2.18. The summed E-state index contributed by atoms with van der Waals surface area (Å²) in [4.78, 5) is 11.7. The molecule has 1 aromatic rings. The highest BCUT2D eigenvalue weighted by molar-refractivity contribution is 6.80. The van der Waals surface area contributed by atoms with Crippen molar-refractivity contribution >= 4 is 14.0 Å². The molecule has 0 spiro atoms. The maximum atomic E-state index is 11.7. The predicted molar refractivity (Wildman–Crippen MR) is 73.8 cm³/mol. The maximum absolute atomic E-state index is 11.7. The molecular weight excluding hydrogens is 228 g/mol. The second-order valence-electron chi connectivity index (χ2n) is 5.20. The van der Waals surface area contributed by atoms with Crippen LogP contribution in [0.5, 0.6) is 0 Å². The molecular formula is C14H20O2Si. The topological polar surface area (TPSA) is 26.3 Å². The third kappa shape index (κ3) is 5.50. The predicted octanol–water partition coefficient (Wildman–Crippen LogP) is 3.67. The molecule has 0 radical (unpaired) electrons. The summed E-state index contributed by atoms with van der Waals surface area (Å²) in [5.41, 5.74) is 2.79. The van der Waals surface area contributed by atoms with Gasteiger partial charge in [0.15, 0.2) is 0 Å². The van der Waals surface area contributed by atoms with Gasteiger partial charge in [0.05, 0.1) is 13.6 Å². The minimum Gasteiger partial charge on any atom is -0.455 e. The van der Waals surface area contributed by atoms with Crippen LogP contribution in [0.1, 0.15) is 17.3 Å². The molecule has 0 aliphatic heterocycles. The molecule has 1 aromatic carbocycles. The van der Waals surface area contributed by atoms with E-state index in [9.17, 15) is 4.79 Å². The van der Waals surface area contributed by atoms with Gasteiger partial charge >= 0.3 is 5.97 Å². The third-order valence-corrected chi connectivity index (χ3v) is 3.36. The smallest absolute Gasteiger partial charge is 0.338 e. The van der Waals surface area contributed by atoms with Gasteiger partial charge in [-0.3, -0.25) is 0 Å². The van der Waals surface area contributed by atoms with E-state index >= 15 is 0 Å². The Morgan fingerprint density at radius 2 is 1.82 bits per heavy atom.